The lowest BCUT2D eigenvalue weighted by Gasteiger charge is -2.42. The fourth-order valence-corrected chi connectivity index (χ4v) is 22.7. The van der Waals surface area contributed by atoms with Crippen LogP contribution in [0, 0.1) is 0 Å². The standard InChI is InChI=1S/C46H29BN4.C42H27BN2.C34H21BN4/c1-5-14-30(15-6-1)34-24-26-40-38(28-34)36-22-13-23-37-39-29-35(31-16-7-2-8-17-31)25-27-41(39)51-46-45(50(40)47(51)42(36)37)48-43(32-18-9-3-10-19-32)44(49-46)33-20-11-4-12-21-33;1-4-12-28(13-5-1)31-20-22-38-34(24-31)36-26-33(30-16-8-3-9-17-30)27-37-35-25-32(29-14-6-2-7-15-29)21-23-39(35)45-41-19-11-10-18-40(41)44(38)43(45)42(36)37;1-3-8-22(9-4-1)24-14-16-30-28(20-24)26-12-7-13-27-29-21-25(23-10-5-2-6-11-23)15-17-31(29)39-34-33(36-18-19-37-34)38(30)35(39)32(26)27/h1-29H;1-27H;1-21H. The van der Waals surface area contributed by atoms with Crippen LogP contribution in [0.2, 0.25) is 0 Å². The third-order valence-corrected chi connectivity index (χ3v) is 28.6. The molecule has 9 aliphatic heterocycles. The van der Waals surface area contributed by atoms with Crippen molar-refractivity contribution in [3.8, 4) is 167 Å². The fourth-order valence-electron chi connectivity index (χ4n) is 22.7. The molecule has 19 aromatic carbocycles. The third kappa shape index (κ3) is 11.8. The molecule has 135 heavy (non-hydrogen) atoms. The normalized spacial score (nSPS) is 13.2. The van der Waals surface area contributed by atoms with Gasteiger partial charge >= 0.3 is 20.9 Å². The van der Waals surface area contributed by atoms with Crippen LogP contribution in [0.25, 0.3) is 167 Å². The van der Waals surface area contributed by atoms with Crippen molar-refractivity contribution in [3.63, 3.8) is 0 Å². The zero-order chi connectivity index (χ0) is 88.5. The lowest BCUT2D eigenvalue weighted by molar-refractivity contribution is 1.17. The number of aromatic nitrogens is 4. The minimum Gasteiger partial charge on any atom is -0.359 e. The van der Waals surface area contributed by atoms with Gasteiger partial charge in [0, 0.05) is 91.0 Å². The first-order valence-electron chi connectivity index (χ1n) is 46.4. The number of nitrogens with zero attached hydrogens (tertiary/aromatic N) is 10. The van der Waals surface area contributed by atoms with Crippen LogP contribution in [-0.4, -0.2) is 40.9 Å². The van der Waals surface area contributed by atoms with Gasteiger partial charge in [0.05, 0.1) is 22.8 Å². The molecule has 0 N–H and O–H groups in total. The van der Waals surface area contributed by atoms with Crippen LogP contribution < -0.4 is 45.3 Å². The number of rotatable bonds is 9. The Morgan fingerprint density at radius 2 is 0.348 bits per heavy atom. The van der Waals surface area contributed by atoms with E-state index >= 15 is 0 Å². The first-order valence-corrected chi connectivity index (χ1v) is 46.4. The van der Waals surface area contributed by atoms with Crippen LogP contribution in [0.15, 0.2) is 467 Å². The molecule has 0 amide bonds. The molecule has 0 radical (unpaired) electrons. The number of fused-ring (bicyclic) bond motifs is 27. The number of hydrogen-bond acceptors (Lipinski definition) is 10. The van der Waals surface area contributed by atoms with Crippen LogP contribution in [0.5, 0.6) is 0 Å². The van der Waals surface area contributed by atoms with E-state index in [1.54, 1.807) is 12.4 Å². The van der Waals surface area contributed by atoms with E-state index < -0.39 is 0 Å². The molecule has 13 heteroatoms. The van der Waals surface area contributed by atoms with Gasteiger partial charge in [-0.15, -0.1) is 0 Å². The van der Waals surface area contributed by atoms with Crippen molar-refractivity contribution < 1.29 is 0 Å². The molecule has 0 aliphatic carbocycles. The Balaban J connectivity index is 0.000000101. The minimum absolute atomic E-state index is 0.0289. The molecule has 11 heterocycles. The Morgan fingerprint density at radius 1 is 0.141 bits per heavy atom. The summed E-state index contributed by atoms with van der Waals surface area (Å²) in [6, 6.07) is 165. The highest BCUT2D eigenvalue weighted by atomic mass is 15.4. The molecule has 21 aromatic rings. The summed E-state index contributed by atoms with van der Waals surface area (Å²) in [6.45, 7) is -0.118. The van der Waals surface area contributed by atoms with E-state index in [-0.39, 0.29) is 20.9 Å². The van der Waals surface area contributed by atoms with Gasteiger partial charge in [0.1, 0.15) is 0 Å². The Hall–Kier alpha value is -17.7. The topological polar surface area (TPSA) is 71.0 Å². The molecule has 9 aliphatic rings. The minimum atomic E-state index is -0.133. The average Bonchev–Trinajstić information content (AvgIpc) is 1.55. The molecule has 10 nitrogen and oxygen atoms in total. The van der Waals surface area contributed by atoms with Crippen molar-refractivity contribution in [3.05, 3.63) is 467 Å². The van der Waals surface area contributed by atoms with E-state index in [1.165, 1.54) is 184 Å². The van der Waals surface area contributed by atoms with Gasteiger partial charge in [0.15, 0.2) is 23.3 Å². The number of hydrogen-bond donors (Lipinski definition) is 0. The largest absolute Gasteiger partial charge is 0.424 e. The van der Waals surface area contributed by atoms with Crippen molar-refractivity contribution in [1.82, 2.24) is 19.9 Å². The Morgan fingerprint density at radius 3 is 0.622 bits per heavy atom. The highest BCUT2D eigenvalue weighted by molar-refractivity contribution is 6.90. The zero-order valence-corrected chi connectivity index (χ0v) is 73.2. The summed E-state index contributed by atoms with van der Waals surface area (Å²) in [5, 5.41) is 0. The first kappa shape index (κ1) is 76.2. The van der Waals surface area contributed by atoms with Crippen LogP contribution in [0.1, 0.15) is 0 Å². The van der Waals surface area contributed by atoms with E-state index in [0.717, 1.165) is 68.5 Å². The second kappa shape index (κ2) is 30.5. The fraction of sp³-hybridized carbons (Fsp3) is 0. The SMILES string of the molecule is c1ccc(-c2ccc3c(c2)-c2cc(-c4ccccc4)cc4c2B2N3c3ccccc3N2c2ccc(-c3ccccc3)cc2-4)cc1.c1ccc(-c2ccc3c(c2)-c2cccc4c2B2N3c3nc(-c5ccccc5)c(-c5ccccc5)nc3N2c2ccc(-c3ccccc3)cc2-4)cc1.c1ccc(-c2ccc3c(c2)-c2cccc4c2B2N3c3nccnc3N2c2ccc(-c3ccccc3)cc2-4)cc1. The van der Waals surface area contributed by atoms with Crippen molar-refractivity contribution in [2.24, 2.45) is 0 Å². The summed E-state index contributed by atoms with van der Waals surface area (Å²) in [4.78, 5) is 35.8. The number of benzene rings is 19. The van der Waals surface area contributed by atoms with E-state index in [2.05, 4.69) is 484 Å². The monoisotopic (exact) mass is 1710 g/mol. The van der Waals surface area contributed by atoms with Crippen LogP contribution in [0.3, 0.4) is 0 Å². The Bertz CT molecular complexity index is 7960. The quantitative estimate of drug-likeness (QED) is 0.131. The smallest absolute Gasteiger partial charge is 0.359 e. The summed E-state index contributed by atoms with van der Waals surface area (Å²) >= 11 is 0. The zero-order valence-electron chi connectivity index (χ0n) is 73.2. The maximum atomic E-state index is 5.62. The molecule has 0 saturated heterocycles. The van der Waals surface area contributed by atoms with Crippen LogP contribution in [-0.2, 0) is 0 Å². The molecule has 0 saturated carbocycles. The van der Waals surface area contributed by atoms with Crippen molar-refractivity contribution in [2.45, 2.75) is 0 Å². The predicted molar refractivity (Wildman–Crippen MR) is 560 cm³/mol. The molecule has 0 atom stereocenters. The lowest BCUT2D eigenvalue weighted by Crippen LogP contribution is -2.58. The van der Waals surface area contributed by atoms with Gasteiger partial charge in [-0.3, -0.25) is 0 Å². The van der Waals surface area contributed by atoms with Crippen molar-refractivity contribution >= 4 is 106 Å². The van der Waals surface area contributed by atoms with Gasteiger partial charge in [-0.25, -0.2) is 19.9 Å². The summed E-state index contributed by atoms with van der Waals surface area (Å²) in [5.74, 6) is 3.54. The van der Waals surface area contributed by atoms with Gasteiger partial charge < -0.3 is 28.9 Å². The van der Waals surface area contributed by atoms with Gasteiger partial charge in [-0.05, 0) is 225 Å². The van der Waals surface area contributed by atoms with Crippen molar-refractivity contribution in [2.75, 3.05) is 28.9 Å². The molecule has 0 bridgehead atoms. The second-order valence-electron chi connectivity index (χ2n) is 35.8. The molecule has 30 rings (SSSR count). The molecule has 0 spiro atoms. The third-order valence-electron chi connectivity index (χ3n) is 28.6. The molecule has 0 unspecified atom stereocenters. The summed E-state index contributed by atoms with van der Waals surface area (Å²) in [7, 11) is 0. The van der Waals surface area contributed by atoms with Gasteiger partial charge in [0.2, 0.25) is 0 Å². The average molecular weight is 1720 g/mol. The molecular weight excluding hydrogens is 1640 g/mol. The summed E-state index contributed by atoms with van der Waals surface area (Å²) in [5.41, 5.74) is 49.6. The van der Waals surface area contributed by atoms with Gasteiger partial charge in [-0.1, -0.05) is 358 Å². The highest BCUT2D eigenvalue weighted by Crippen LogP contribution is 2.61. The van der Waals surface area contributed by atoms with Crippen LogP contribution in [0.4, 0.5) is 68.8 Å². The maximum absolute atomic E-state index is 5.62. The predicted octanol–water partition coefficient (Wildman–Crippen LogP) is 28.6. The van der Waals surface area contributed by atoms with E-state index in [0.29, 0.717) is 0 Å². The summed E-state index contributed by atoms with van der Waals surface area (Å²) < 4.78 is 0. The first-order chi connectivity index (χ1) is 67.0. The van der Waals surface area contributed by atoms with Gasteiger partial charge in [-0.2, -0.15) is 0 Å². The lowest BCUT2D eigenvalue weighted by atomic mass is 9.54. The Labute approximate surface area is 784 Å². The molecule has 2 aromatic heterocycles. The highest BCUT2D eigenvalue weighted by Gasteiger charge is 2.57. The molecule has 0 fully saturated rings. The number of anilines is 12. The summed E-state index contributed by atoms with van der Waals surface area (Å²) in [6.07, 6.45) is 3.60. The molecule has 624 valence electrons. The Kier molecular flexibility index (Phi) is 17.2. The molecular formula is C122H77B3N10. The van der Waals surface area contributed by atoms with E-state index in [1.807, 2.05) is 0 Å². The maximum Gasteiger partial charge on any atom is 0.424 e. The number of para-hydroxylation sites is 2. The van der Waals surface area contributed by atoms with E-state index in [4.69, 9.17) is 19.9 Å². The van der Waals surface area contributed by atoms with E-state index in [9.17, 15) is 0 Å². The van der Waals surface area contributed by atoms with Crippen LogP contribution >= 0.6 is 0 Å². The van der Waals surface area contributed by atoms with Gasteiger partial charge in [0.25, 0.3) is 0 Å². The second-order valence-corrected chi connectivity index (χ2v) is 35.8. The van der Waals surface area contributed by atoms with Crippen molar-refractivity contribution in [1.29, 1.82) is 0 Å².